The van der Waals surface area contributed by atoms with Gasteiger partial charge < -0.3 is 0 Å². The fourth-order valence-electron chi connectivity index (χ4n) is 1.37. The Morgan fingerprint density at radius 2 is 2.19 bits per heavy atom. The van der Waals surface area contributed by atoms with E-state index in [0.29, 0.717) is 6.42 Å². The number of hydrogen-bond acceptors (Lipinski definition) is 4. The quantitative estimate of drug-likeness (QED) is 0.768. The highest BCUT2D eigenvalue weighted by atomic mass is 32.2. The van der Waals surface area contributed by atoms with Gasteiger partial charge in [-0.25, -0.2) is 4.98 Å². The summed E-state index contributed by atoms with van der Waals surface area (Å²) >= 11 is 3.27. The zero-order valence-electron chi connectivity index (χ0n) is 8.54. The van der Waals surface area contributed by atoms with Gasteiger partial charge >= 0.3 is 0 Å². The van der Waals surface area contributed by atoms with Crippen LogP contribution in [-0.4, -0.2) is 4.98 Å². The molecule has 80 valence electrons. The van der Waals surface area contributed by atoms with Gasteiger partial charge in [0.1, 0.15) is 4.34 Å². The molecule has 1 aromatic heterocycles. The first-order chi connectivity index (χ1) is 7.90. The van der Waals surface area contributed by atoms with Crippen molar-refractivity contribution in [2.24, 2.45) is 0 Å². The molecule has 1 aromatic carbocycles. The van der Waals surface area contributed by atoms with Crippen molar-refractivity contribution in [3.8, 4) is 6.07 Å². The van der Waals surface area contributed by atoms with Gasteiger partial charge in [0.15, 0.2) is 0 Å². The number of nitriles is 1. The summed E-state index contributed by atoms with van der Waals surface area (Å²) in [5.41, 5.74) is 1.18. The normalized spacial score (nSPS) is 11.9. The Morgan fingerprint density at radius 3 is 2.81 bits per heavy atom. The highest BCUT2D eigenvalue weighted by Gasteiger charge is 2.13. The maximum atomic E-state index is 8.85. The van der Waals surface area contributed by atoms with Crippen molar-refractivity contribution in [1.82, 2.24) is 4.98 Å². The molecule has 0 fully saturated rings. The summed E-state index contributed by atoms with van der Waals surface area (Å²) in [4.78, 5) is 4.24. The van der Waals surface area contributed by atoms with E-state index in [1.54, 1.807) is 29.3 Å². The fourth-order valence-corrected chi connectivity index (χ4v) is 3.28. The third kappa shape index (κ3) is 2.84. The van der Waals surface area contributed by atoms with Crippen molar-refractivity contribution < 1.29 is 0 Å². The Kier molecular flexibility index (Phi) is 3.97. The molecule has 0 aliphatic heterocycles. The third-order valence-corrected chi connectivity index (χ3v) is 4.27. The van der Waals surface area contributed by atoms with E-state index >= 15 is 0 Å². The Balaban J connectivity index is 2.15. The lowest BCUT2D eigenvalue weighted by molar-refractivity contribution is 0.975. The second-order valence-corrected chi connectivity index (χ2v) is 5.52. The zero-order valence-corrected chi connectivity index (χ0v) is 10.2. The summed E-state index contributed by atoms with van der Waals surface area (Å²) in [6.07, 6.45) is 2.30. The van der Waals surface area contributed by atoms with Gasteiger partial charge in [-0.15, -0.1) is 11.3 Å². The van der Waals surface area contributed by atoms with E-state index in [2.05, 4.69) is 23.2 Å². The number of rotatable bonds is 4. The minimum atomic E-state index is 0.178. The minimum Gasteiger partial charge on any atom is -0.238 e. The van der Waals surface area contributed by atoms with E-state index in [0.717, 1.165) is 4.34 Å². The van der Waals surface area contributed by atoms with Crippen LogP contribution in [0.15, 0.2) is 46.2 Å². The van der Waals surface area contributed by atoms with E-state index < -0.39 is 0 Å². The topological polar surface area (TPSA) is 36.7 Å². The molecule has 1 heterocycles. The minimum absolute atomic E-state index is 0.178. The van der Waals surface area contributed by atoms with Gasteiger partial charge in [0, 0.05) is 16.8 Å². The van der Waals surface area contributed by atoms with Crippen LogP contribution < -0.4 is 0 Å². The van der Waals surface area contributed by atoms with Crippen LogP contribution in [0.4, 0.5) is 0 Å². The molecule has 2 rings (SSSR count). The molecule has 0 saturated heterocycles. The Labute approximate surface area is 103 Å². The number of thioether (sulfide) groups is 1. The van der Waals surface area contributed by atoms with Crippen LogP contribution in [-0.2, 0) is 0 Å². The van der Waals surface area contributed by atoms with Gasteiger partial charge in [-0.05, 0) is 5.56 Å². The number of nitrogens with zero attached hydrogens (tertiary/aromatic N) is 2. The number of benzene rings is 1. The van der Waals surface area contributed by atoms with Crippen LogP contribution in [0.3, 0.4) is 0 Å². The number of aromatic nitrogens is 1. The van der Waals surface area contributed by atoms with Crippen molar-refractivity contribution in [3.63, 3.8) is 0 Å². The van der Waals surface area contributed by atoms with Crippen molar-refractivity contribution in [2.75, 3.05) is 0 Å². The molecule has 4 heteroatoms. The molecule has 2 nitrogen and oxygen atoms in total. The first kappa shape index (κ1) is 11.2. The molecule has 0 aliphatic carbocycles. The SMILES string of the molecule is N#CCC(Sc1nccs1)c1ccccc1. The Hall–Kier alpha value is -1.31. The maximum Gasteiger partial charge on any atom is 0.150 e. The van der Waals surface area contributed by atoms with Crippen LogP contribution in [0.1, 0.15) is 17.2 Å². The third-order valence-electron chi connectivity index (χ3n) is 2.10. The van der Waals surface area contributed by atoms with Gasteiger partial charge in [-0.2, -0.15) is 5.26 Å². The van der Waals surface area contributed by atoms with E-state index in [-0.39, 0.29) is 5.25 Å². The van der Waals surface area contributed by atoms with E-state index in [1.165, 1.54) is 5.56 Å². The first-order valence-corrected chi connectivity index (χ1v) is 6.64. The van der Waals surface area contributed by atoms with Crippen molar-refractivity contribution >= 4 is 23.1 Å². The van der Waals surface area contributed by atoms with Crippen LogP contribution in [0.25, 0.3) is 0 Å². The van der Waals surface area contributed by atoms with Crippen molar-refractivity contribution in [1.29, 1.82) is 5.26 Å². The average molecular weight is 246 g/mol. The van der Waals surface area contributed by atoms with Gasteiger partial charge in [-0.1, -0.05) is 42.1 Å². The number of hydrogen-bond donors (Lipinski definition) is 0. The molecular weight excluding hydrogens is 236 g/mol. The molecular formula is C12H10N2S2. The first-order valence-electron chi connectivity index (χ1n) is 4.88. The smallest absolute Gasteiger partial charge is 0.150 e. The van der Waals surface area contributed by atoms with E-state index in [1.807, 2.05) is 23.6 Å². The Bertz CT molecular complexity index is 460. The van der Waals surface area contributed by atoms with Gasteiger partial charge in [-0.3, -0.25) is 0 Å². The fraction of sp³-hybridized carbons (Fsp3) is 0.167. The molecule has 0 amide bonds. The number of thiazole rings is 1. The molecule has 0 saturated carbocycles. The summed E-state index contributed by atoms with van der Waals surface area (Å²) in [6.45, 7) is 0. The zero-order chi connectivity index (χ0) is 11.2. The molecule has 0 spiro atoms. The summed E-state index contributed by atoms with van der Waals surface area (Å²) < 4.78 is 1.02. The summed E-state index contributed by atoms with van der Waals surface area (Å²) in [5, 5.41) is 11.0. The monoisotopic (exact) mass is 246 g/mol. The molecule has 16 heavy (non-hydrogen) atoms. The van der Waals surface area contributed by atoms with Crippen molar-refractivity contribution in [2.45, 2.75) is 16.0 Å². The van der Waals surface area contributed by atoms with Crippen molar-refractivity contribution in [3.05, 3.63) is 47.5 Å². The highest BCUT2D eigenvalue weighted by Crippen LogP contribution is 2.38. The maximum absolute atomic E-state index is 8.85. The summed E-state index contributed by atoms with van der Waals surface area (Å²) in [7, 11) is 0. The van der Waals surface area contributed by atoms with Crippen LogP contribution in [0, 0.1) is 11.3 Å². The second kappa shape index (κ2) is 5.69. The van der Waals surface area contributed by atoms with Crippen LogP contribution >= 0.6 is 23.1 Å². The Morgan fingerprint density at radius 1 is 1.38 bits per heavy atom. The standard InChI is InChI=1S/C12H10N2S2/c13-7-6-11(10-4-2-1-3-5-10)16-12-14-8-9-15-12/h1-5,8-9,11H,6H2. The molecule has 1 atom stereocenters. The van der Waals surface area contributed by atoms with E-state index in [9.17, 15) is 0 Å². The molecule has 0 N–H and O–H groups in total. The van der Waals surface area contributed by atoms with Gasteiger partial charge in [0.05, 0.1) is 12.5 Å². The van der Waals surface area contributed by atoms with Gasteiger partial charge in [0.2, 0.25) is 0 Å². The predicted molar refractivity (Wildman–Crippen MR) is 67.4 cm³/mol. The van der Waals surface area contributed by atoms with E-state index in [4.69, 9.17) is 5.26 Å². The predicted octanol–water partition coefficient (Wildman–Crippen LogP) is 3.89. The molecule has 1 unspecified atom stereocenters. The summed E-state index contributed by atoms with van der Waals surface area (Å²) in [6, 6.07) is 12.3. The van der Waals surface area contributed by atoms with Gasteiger partial charge in [0.25, 0.3) is 0 Å². The summed E-state index contributed by atoms with van der Waals surface area (Å²) in [5.74, 6) is 0. The van der Waals surface area contributed by atoms with Crippen LogP contribution in [0.2, 0.25) is 0 Å². The highest BCUT2D eigenvalue weighted by molar-refractivity contribution is 8.01. The average Bonchev–Trinajstić information content (AvgIpc) is 2.83. The lowest BCUT2D eigenvalue weighted by Gasteiger charge is -2.11. The molecule has 0 bridgehead atoms. The lowest BCUT2D eigenvalue weighted by atomic mass is 10.1. The molecule has 2 aromatic rings. The van der Waals surface area contributed by atoms with Crippen LogP contribution in [0.5, 0.6) is 0 Å². The second-order valence-electron chi connectivity index (χ2n) is 3.18. The lowest BCUT2D eigenvalue weighted by Crippen LogP contribution is -1.92. The molecule has 0 radical (unpaired) electrons. The largest absolute Gasteiger partial charge is 0.238 e. The molecule has 0 aliphatic rings.